The monoisotopic (exact) mass is 217 g/mol. The Bertz CT molecular complexity index is 373. The summed E-state index contributed by atoms with van der Waals surface area (Å²) in [4.78, 5) is 0. The first-order valence-electron chi connectivity index (χ1n) is 5.97. The van der Waals surface area contributed by atoms with Crippen LogP contribution in [0.4, 0.5) is 0 Å². The summed E-state index contributed by atoms with van der Waals surface area (Å²) in [5.41, 5.74) is 2.65. The van der Waals surface area contributed by atoms with Crippen molar-refractivity contribution >= 4 is 0 Å². The van der Waals surface area contributed by atoms with Crippen LogP contribution in [0.5, 0.6) is 5.75 Å². The van der Waals surface area contributed by atoms with Gasteiger partial charge in [-0.25, -0.2) is 0 Å². The first-order chi connectivity index (χ1) is 7.81. The van der Waals surface area contributed by atoms with Crippen molar-refractivity contribution in [3.05, 3.63) is 42.0 Å². The quantitative estimate of drug-likeness (QED) is 0.600. The molecule has 2 heteroatoms. The van der Waals surface area contributed by atoms with Gasteiger partial charge in [-0.1, -0.05) is 12.1 Å². The fourth-order valence-electron chi connectivity index (χ4n) is 2.36. The fourth-order valence-corrected chi connectivity index (χ4v) is 2.36. The average molecular weight is 217 g/mol. The topological polar surface area (TPSA) is 32.3 Å². The molecule has 0 radical (unpaired) electrons. The Balaban J connectivity index is 2.12. The summed E-state index contributed by atoms with van der Waals surface area (Å²) in [6, 6.07) is 6.13. The van der Waals surface area contributed by atoms with Crippen molar-refractivity contribution in [1.29, 1.82) is 0 Å². The van der Waals surface area contributed by atoms with E-state index in [9.17, 15) is 5.11 Å². The van der Waals surface area contributed by atoms with Crippen molar-refractivity contribution in [1.82, 2.24) is 5.32 Å². The molecule has 16 heavy (non-hydrogen) atoms. The highest BCUT2D eigenvalue weighted by atomic mass is 16.3. The smallest absolute Gasteiger partial charge is 0.115 e. The second-order valence-electron chi connectivity index (χ2n) is 4.36. The molecule has 1 aliphatic rings. The minimum Gasteiger partial charge on any atom is -0.508 e. The summed E-state index contributed by atoms with van der Waals surface area (Å²) in [6.45, 7) is 4.68. The number of benzene rings is 1. The Morgan fingerprint density at radius 3 is 3.19 bits per heavy atom. The highest BCUT2D eigenvalue weighted by Gasteiger charge is 2.19. The molecule has 2 rings (SSSR count). The normalized spacial score (nSPS) is 19.1. The number of aryl methyl sites for hydroxylation is 1. The van der Waals surface area contributed by atoms with Crippen LogP contribution in [-0.4, -0.2) is 11.7 Å². The highest BCUT2D eigenvalue weighted by molar-refractivity contribution is 5.38. The third-order valence-corrected chi connectivity index (χ3v) is 3.18. The predicted octanol–water partition coefficient (Wildman–Crippen LogP) is 2.94. The van der Waals surface area contributed by atoms with Crippen LogP contribution >= 0.6 is 0 Å². The van der Waals surface area contributed by atoms with Crippen LogP contribution in [-0.2, 0) is 6.42 Å². The Morgan fingerprint density at radius 1 is 1.50 bits per heavy atom. The van der Waals surface area contributed by atoms with Gasteiger partial charge in [-0.2, -0.15) is 0 Å². The van der Waals surface area contributed by atoms with Crippen LogP contribution in [0.15, 0.2) is 30.9 Å². The molecule has 0 fully saturated rings. The van der Waals surface area contributed by atoms with E-state index in [0.29, 0.717) is 11.8 Å². The second kappa shape index (κ2) is 5.17. The fraction of sp³-hybridized carbons (Fsp3) is 0.429. The molecule has 1 aromatic rings. The summed E-state index contributed by atoms with van der Waals surface area (Å²) in [7, 11) is 0. The summed E-state index contributed by atoms with van der Waals surface area (Å²) >= 11 is 0. The maximum absolute atomic E-state index is 9.53. The molecule has 0 amide bonds. The van der Waals surface area contributed by atoms with Crippen LogP contribution in [0.1, 0.15) is 36.4 Å². The van der Waals surface area contributed by atoms with Gasteiger partial charge in [0.1, 0.15) is 5.75 Å². The van der Waals surface area contributed by atoms with Gasteiger partial charge in [0.15, 0.2) is 0 Å². The molecule has 1 aliphatic carbocycles. The van der Waals surface area contributed by atoms with E-state index >= 15 is 0 Å². The van der Waals surface area contributed by atoms with Crippen LogP contribution < -0.4 is 5.32 Å². The molecule has 2 N–H and O–H groups in total. The lowest BCUT2D eigenvalue weighted by atomic mass is 9.87. The summed E-state index contributed by atoms with van der Waals surface area (Å²) < 4.78 is 0. The lowest BCUT2D eigenvalue weighted by molar-refractivity contribution is 0.449. The third kappa shape index (κ3) is 2.45. The summed E-state index contributed by atoms with van der Waals surface area (Å²) in [5.74, 6) is 0.371. The number of fused-ring (bicyclic) bond motifs is 1. The molecule has 0 saturated carbocycles. The molecule has 1 atom stereocenters. The number of phenolic OH excluding ortho intramolecular Hbond substituents is 1. The lowest BCUT2D eigenvalue weighted by Gasteiger charge is -2.26. The zero-order chi connectivity index (χ0) is 11.4. The lowest BCUT2D eigenvalue weighted by Crippen LogP contribution is -2.25. The molecule has 0 heterocycles. The predicted molar refractivity (Wildman–Crippen MR) is 66.6 cm³/mol. The first-order valence-corrected chi connectivity index (χ1v) is 5.97. The zero-order valence-electron chi connectivity index (χ0n) is 9.58. The van der Waals surface area contributed by atoms with Gasteiger partial charge >= 0.3 is 0 Å². The second-order valence-corrected chi connectivity index (χ2v) is 4.36. The minimum atomic E-state index is 0.371. The highest BCUT2D eigenvalue weighted by Crippen LogP contribution is 2.31. The van der Waals surface area contributed by atoms with Gasteiger partial charge in [0.05, 0.1) is 0 Å². The number of hydrogen-bond donors (Lipinski definition) is 2. The van der Waals surface area contributed by atoms with Gasteiger partial charge < -0.3 is 10.4 Å². The molecular formula is C14H19NO. The Labute approximate surface area is 97.0 Å². The molecular weight excluding hydrogens is 198 g/mol. The van der Waals surface area contributed by atoms with E-state index in [1.165, 1.54) is 17.5 Å². The molecule has 0 aliphatic heterocycles. The number of hydrogen-bond acceptors (Lipinski definition) is 2. The number of phenols is 1. The van der Waals surface area contributed by atoms with Gasteiger partial charge in [-0.3, -0.25) is 0 Å². The van der Waals surface area contributed by atoms with Crippen LogP contribution in [0.25, 0.3) is 0 Å². The van der Waals surface area contributed by atoms with Gasteiger partial charge in [-0.05, 0) is 55.5 Å². The van der Waals surface area contributed by atoms with E-state index in [2.05, 4.69) is 11.9 Å². The van der Waals surface area contributed by atoms with Gasteiger partial charge in [0.2, 0.25) is 0 Å². The van der Waals surface area contributed by atoms with Crippen molar-refractivity contribution in [3.63, 3.8) is 0 Å². The van der Waals surface area contributed by atoms with Gasteiger partial charge in [-0.15, -0.1) is 6.58 Å². The molecule has 0 spiro atoms. The van der Waals surface area contributed by atoms with E-state index in [4.69, 9.17) is 0 Å². The SMILES string of the molecule is C=CCCNC1CCCc2ccc(O)cc21. The van der Waals surface area contributed by atoms with Crippen molar-refractivity contribution in [2.24, 2.45) is 0 Å². The Morgan fingerprint density at radius 2 is 2.38 bits per heavy atom. The van der Waals surface area contributed by atoms with E-state index in [1.807, 2.05) is 18.2 Å². The van der Waals surface area contributed by atoms with Gasteiger partial charge in [0, 0.05) is 6.04 Å². The van der Waals surface area contributed by atoms with E-state index < -0.39 is 0 Å². The molecule has 0 saturated heterocycles. The standard InChI is InChI=1S/C14H19NO/c1-2-3-9-15-14-6-4-5-11-7-8-12(16)10-13(11)14/h2,7-8,10,14-16H,1,3-6,9H2. The van der Waals surface area contributed by atoms with Crippen molar-refractivity contribution in [2.45, 2.75) is 31.7 Å². The zero-order valence-corrected chi connectivity index (χ0v) is 9.58. The maximum Gasteiger partial charge on any atom is 0.115 e. The molecule has 0 aromatic heterocycles. The van der Waals surface area contributed by atoms with Crippen LogP contribution in [0.2, 0.25) is 0 Å². The number of nitrogens with one attached hydrogen (secondary N) is 1. The van der Waals surface area contributed by atoms with E-state index in [0.717, 1.165) is 25.8 Å². The molecule has 2 nitrogen and oxygen atoms in total. The number of aromatic hydroxyl groups is 1. The summed E-state index contributed by atoms with van der Waals surface area (Å²) in [6.07, 6.45) is 6.44. The minimum absolute atomic E-state index is 0.371. The molecule has 0 bridgehead atoms. The average Bonchev–Trinajstić information content (AvgIpc) is 2.30. The van der Waals surface area contributed by atoms with Crippen molar-refractivity contribution in [2.75, 3.05) is 6.54 Å². The van der Waals surface area contributed by atoms with Crippen LogP contribution in [0, 0.1) is 0 Å². The van der Waals surface area contributed by atoms with E-state index in [1.54, 1.807) is 6.07 Å². The maximum atomic E-state index is 9.53. The number of rotatable bonds is 4. The third-order valence-electron chi connectivity index (χ3n) is 3.18. The Hall–Kier alpha value is -1.28. The molecule has 1 aromatic carbocycles. The molecule has 1 unspecified atom stereocenters. The van der Waals surface area contributed by atoms with Crippen molar-refractivity contribution in [3.8, 4) is 5.75 Å². The first kappa shape index (κ1) is 11.2. The summed E-state index contributed by atoms with van der Waals surface area (Å²) in [5, 5.41) is 13.1. The van der Waals surface area contributed by atoms with Gasteiger partial charge in [0.25, 0.3) is 0 Å². The Kier molecular flexibility index (Phi) is 3.62. The molecule has 86 valence electrons. The van der Waals surface area contributed by atoms with Crippen LogP contribution in [0.3, 0.4) is 0 Å². The van der Waals surface area contributed by atoms with Crippen molar-refractivity contribution < 1.29 is 5.11 Å². The van der Waals surface area contributed by atoms with E-state index in [-0.39, 0.29) is 0 Å². The largest absolute Gasteiger partial charge is 0.508 e.